The Bertz CT molecular complexity index is 1320. The number of likely N-dealkylation sites (N-methyl/N-ethyl adjacent to an activating group) is 1. The fraction of sp³-hybridized carbons (Fsp3) is 0.179. The molecule has 0 aliphatic carbocycles. The van der Waals surface area contributed by atoms with E-state index in [1.807, 2.05) is 61.5 Å². The molecule has 1 aliphatic rings. The zero-order valence-electron chi connectivity index (χ0n) is 20.2. The fourth-order valence-electron chi connectivity index (χ4n) is 3.93. The summed E-state index contributed by atoms with van der Waals surface area (Å²) in [6.07, 6.45) is -0.900. The molecule has 1 aliphatic heterocycles. The Morgan fingerprint density at radius 3 is 2.42 bits per heavy atom. The van der Waals surface area contributed by atoms with E-state index >= 15 is 0 Å². The molecule has 184 valence electrons. The predicted octanol–water partition coefficient (Wildman–Crippen LogP) is 4.77. The number of fused-ring (bicyclic) bond motifs is 1. The van der Waals surface area contributed by atoms with Gasteiger partial charge in [-0.1, -0.05) is 72.8 Å². The van der Waals surface area contributed by atoms with Gasteiger partial charge in [-0.05, 0) is 48.5 Å². The SMILES string of the molecule is C=C(C)NCc1cccc(CNC(=S)NC2N=C(c3ccccc3)c3cc(Cl)ccc3N(C)C2=O)c1. The highest BCUT2D eigenvalue weighted by atomic mass is 35.5. The Hall–Kier alpha value is -3.68. The molecule has 0 bridgehead atoms. The molecule has 0 fully saturated rings. The molecule has 1 atom stereocenters. The summed E-state index contributed by atoms with van der Waals surface area (Å²) in [5.41, 5.74) is 6.20. The van der Waals surface area contributed by atoms with E-state index in [0.717, 1.165) is 33.6 Å². The maximum atomic E-state index is 13.4. The molecule has 4 rings (SSSR count). The minimum Gasteiger partial charge on any atom is -0.385 e. The topological polar surface area (TPSA) is 68.8 Å². The van der Waals surface area contributed by atoms with Crippen molar-refractivity contribution in [2.45, 2.75) is 26.2 Å². The highest BCUT2D eigenvalue weighted by Gasteiger charge is 2.30. The number of carbonyl (C=O) groups excluding carboxylic acids is 1. The number of rotatable bonds is 7. The van der Waals surface area contributed by atoms with Crippen molar-refractivity contribution >= 4 is 46.2 Å². The van der Waals surface area contributed by atoms with Crippen molar-refractivity contribution in [3.63, 3.8) is 0 Å². The number of anilines is 1. The number of hydrogen-bond donors (Lipinski definition) is 3. The molecule has 0 spiro atoms. The van der Waals surface area contributed by atoms with Crippen molar-refractivity contribution in [1.82, 2.24) is 16.0 Å². The van der Waals surface area contributed by atoms with Crippen LogP contribution in [-0.4, -0.2) is 29.9 Å². The summed E-state index contributed by atoms with van der Waals surface area (Å²) >= 11 is 11.9. The fourth-order valence-corrected chi connectivity index (χ4v) is 4.28. The van der Waals surface area contributed by atoms with E-state index in [-0.39, 0.29) is 5.91 Å². The molecule has 6 nitrogen and oxygen atoms in total. The molecule has 0 radical (unpaired) electrons. The molecule has 3 N–H and O–H groups in total. The maximum Gasteiger partial charge on any atom is 0.272 e. The quantitative estimate of drug-likeness (QED) is 0.394. The predicted molar refractivity (Wildman–Crippen MR) is 151 cm³/mol. The maximum absolute atomic E-state index is 13.4. The standard InChI is InChI=1S/C28H28ClN5OS/c1-18(2)30-16-19-8-7-9-20(14-19)17-31-28(36)33-26-27(35)34(3)24-13-12-22(29)15-23(24)25(32-26)21-10-5-4-6-11-21/h4-15,26,30H,1,16-17H2,2-3H3,(H2,31,33,36). The Morgan fingerprint density at radius 1 is 1.03 bits per heavy atom. The molecule has 0 saturated carbocycles. The highest BCUT2D eigenvalue weighted by molar-refractivity contribution is 7.80. The van der Waals surface area contributed by atoms with E-state index < -0.39 is 6.17 Å². The van der Waals surface area contributed by atoms with Crippen LogP contribution in [0.5, 0.6) is 0 Å². The Kier molecular flexibility index (Phi) is 8.03. The number of thiocarbonyl (C=S) groups is 1. The second kappa shape index (κ2) is 11.4. The zero-order chi connectivity index (χ0) is 25.7. The molecular formula is C28H28ClN5OS. The van der Waals surface area contributed by atoms with E-state index in [4.69, 9.17) is 28.8 Å². The van der Waals surface area contributed by atoms with E-state index in [9.17, 15) is 4.79 Å². The molecule has 3 aromatic rings. The number of nitrogens with one attached hydrogen (secondary N) is 3. The zero-order valence-corrected chi connectivity index (χ0v) is 21.8. The highest BCUT2D eigenvalue weighted by Crippen LogP contribution is 2.29. The number of nitrogens with zero attached hydrogens (tertiary/aromatic N) is 2. The summed E-state index contributed by atoms with van der Waals surface area (Å²) in [7, 11) is 1.73. The van der Waals surface area contributed by atoms with Crippen molar-refractivity contribution in [2.75, 3.05) is 11.9 Å². The van der Waals surface area contributed by atoms with Gasteiger partial charge in [0.15, 0.2) is 5.11 Å². The summed E-state index contributed by atoms with van der Waals surface area (Å²) < 4.78 is 0. The van der Waals surface area contributed by atoms with Gasteiger partial charge in [0.25, 0.3) is 5.91 Å². The van der Waals surface area contributed by atoms with Gasteiger partial charge in [-0.3, -0.25) is 4.79 Å². The number of carbonyl (C=O) groups is 1. The number of halogens is 1. The van der Waals surface area contributed by atoms with Crippen LogP contribution in [0.1, 0.15) is 29.2 Å². The number of benzodiazepines with no additional fused rings is 1. The van der Waals surface area contributed by atoms with Crippen molar-refractivity contribution in [2.24, 2.45) is 4.99 Å². The van der Waals surface area contributed by atoms with E-state index in [0.29, 0.717) is 28.9 Å². The lowest BCUT2D eigenvalue weighted by Gasteiger charge is -2.22. The number of hydrogen-bond acceptors (Lipinski definition) is 4. The molecule has 1 unspecified atom stereocenters. The van der Waals surface area contributed by atoms with Crippen molar-refractivity contribution in [1.29, 1.82) is 0 Å². The smallest absolute Gasteiger partial charge is 0.272 e. The van der Waals surface area contributed by atoms with Crippen molar-refractivity contribution in [3.8, 4) is 0 Å². The van der Waals surface area contributed by atoms with Crippen LogP contribution in [0.2, 0.25) is 5.02 Å². The van der Waals surface area contributed by atoms with Crippen molar-refractivity contribution in [3.05, 3.63) is 112 Å². The average molecular weight is 518 g/mol. The van der Waals surface area contributed by atoms with Gasteiger partial charge in [-0.2, -0.15) is 0 Å². The van der Waals surface area contributed by atoms with Crippen molar-refractivity contribution < 1.29 is 4.79 Å². The van der Waals surface area contributed by atoms with Crippen LogP contribution < -0.4 is 20.9 Å². The third-order valence-electron chi connectivity index (χ3n) is 5.75. The van der Waals surface area contributed by atoms with Gasteiger partial charge in [0.05, 0.1) is 11.4 Å². The second-order valence-corrected chi connectivity index (χ2v) is 9.43. The van der Waals surface area contributed by atoms with Gasteiger partial charge in [-0.25, -0.2) is 4.99 Å². The van der Waals surface area contributed by atoms with Crippen LogP contribution in [0.4, 0.5) is 5.69 Å². The summed E-state index contributed by atoms with van der Waals surface area (Å²) in [4.78, 5) is 19.8. The van der Waals surface area contributed by atoms with Gasteiger partial charge in [0.2, 0.25) is 6.17 Å². The summed E-state index contributed by atoms with van der Waals surface area (Å²) in [5, 5.41) is 10.4. The van der Waals surface area contributed by atoms with Crippen LogP contribution in [0.25, 0.3) is 0 Å². The van der Waals surface area contributed by atoms with E-state index in [2.05, 4.69) is 34.7 Å². The largest absolute Gasteiger partial charge is 0.385 e. The molecule has 1 heterocycles. The lowest BCUT2D eigenvalue weighted by atomic mass is 10.0. The van der Waals surface area contributed by atoms with Crippen LogP contribution in [0.15, 0.2) is 90.1 Å². The van der Waals surface area contributed by atoms with E-state index in [1.165, 1.54) is 0 Å². The minimum atomic E-state index is -0.900. The molecule has 36 heavy (non-hydrogen) atoms. The lowest BCUT2D eigenvalue weighted by Crippen LogP contribution is -2.49. The van der Waals surface area contributed by atoms with Gasteiger partial charge in [0.1, 0.15) is 0 Å². The molecule has 1 amide bonds. The van der Waals surface area contributed by atoms with Crippen LogP contribution >= 0.6 is 23.8 Å². The summed E-state index contributed by atoms with van der Waals surface area (Å²) in [6, 6.07) is 23.4. The monoisotopic (exact) mass is 517 g/mol. The minimum absolute atomic E-state index is 0.221. The van der Waals surface area contributed by atoms with Gasteiger partial charge in [-0.15, -0.1) is 0 Å². The first-order chi connectivity index (χ1) is 17.3. The van der Waals surface area contributed by atoms with Crippen LogP contribution in [-0.2, 0) is 17.9 Å². The first-order valence-electron chi connectivity index (χ1n) is 11.5. The number of amides is 1. The first kappa shape index (κ1) is 25.4. The van der Waals surface area contributed by atoms with Gasteiger partial charge in [0, 0.05) is 42.0 Å². The second-order valence-electron chi connectivity index (χ2n) is 8.59. The molecule has 3 aromatic carbocycles. The summed E-state index contributed by atoms with van der Waals surface area (Å²) in [6.45, 7) is 7.02. The molecule has 8 heteroatoms. The first-order valence-corrected chi connectivity index (χ1v) is 12.3. The summed E-state index contributed by atoms with van der Waals surface area (Å²) in [5.74, 6) is -0.221. The number of allylic oxidation sites excluding steroid dienone is 1. The number of aliphatic imine (C=N–C) groups is 1. The Balaban J connectivity index is 1.54. The van der Waals surface area contributed by atoms with Crippen LogP contribution in [0.3, 0.4) is 0 Å². The Morgan fingerprint density at radius 2 is 1.72 bits per heavy atom. The van der Waals surface area contributed by atoms with Gasteiger partial charge < -0.3 is 20.9 Å². The average Bonchev–Trinajstić information content (AvgIpc) is 2.97. The van der Waals surface area contributed by atoms with E-state index in [1.54, 1.807) is 18.0 Å². The molecular weight excluding hydrogens is 490 g/mol. The number of benzene rings is 3. The third kappa shape index (κ3) is 6.11. The van der Waals surface area contributed by atoms with Gasteiger partial charge >= 0.3 is 0 Å². The molecule has 0 saturated heterocycles. The third-order valence-corrected chi connectivity index (χ3v) is 6.25. The normalized spacial score (nSPS) is 14.9. The Labute approximate surface area is 222 Å². The van der Waals surface area contributed by atoms with Crippen LogP contribution in [0, 0.1) is 0 Å². The molecule has 0 aromatic heterocycles. The lowest BCUT2D eigenvalue weighted by molar-refractivity contribution is -0.119.